The van der Waals surface area contributed by atoms with Crippen molar-refractivity contribution in [2.24, 2.45) is 5.92 Å². The lowest BCUT2D eigenvalue weighted by Gasteiger charge is -2.33. The lowest BCUT2D eigenvalue weighted by atomic mass is 10.1. The fourth-order valence-electron chi connectivity index (χ4n) is 5.14. The van der Waals surface area contributed by atoms with Crippen LogP contribution < -0.4 is 25.6 Å². The number of rotatable bonds is 15. The molecule has 3 amide bonds. The predicted octanol–water partition coefficient (Wildman–Crippen LogP) is 2.70. The van der Waals surface area contributed by atoms with E-state index >= 15 is 0 Å². The number of anilines is 2. The molecule has 1 saturated heterocycles. The van der Waals surface area contributed by atoms with Crippen molar-refractivity contribution in [1.82, 2.24) is 25.6 Å². The van der Waals surface area contributed by atoms with Gasteiger partial charge in [0.2, 0.25) is 5.91 Å². The molecule has 3 aromatic rings. The van der Waals surface area contributed by atoms with Crippen LogP contribution in [-0.4, -0.2) is 82.4 Å². The number of amides is 3. The number of nitrogens with one attached hydrogen (secondary N) is 4. The molecule has 2 fully saturated rings. The molecule has 0 spiro atoms. The van der Waals surface area contributed by atoms with E-state index < -0.39 is 33.9 Å². The second kappa shape index (κ2) is 16.2. The summed E-state index contributed by atoms with van der Waals surface area (Å²) in [6.45, 7) is 3.64. The summed E-state index contributed by atoms with van der Waals surface area (Å²) in [5.74, 6) is -1.19. The number of halogens is 1. The van der Waals surface area contributed by atoms with Crippen LogP contribution in [0.1, 0.15) is 46.0 Å². The van der Waals surface area contributed by atoms with Gasteiger partial charge in [-0.15, -0.1) is 0 Å². The van der Waals surface area contributed by atoms with Crippen LogP contribution in [0.3, 0.4) is 0 Å². The third-order valence-corrected chi connectivity index (χ3v) is 9.98. The van der Waals surface area contributed by atoms with Gasteiger partial charge in [0.15, 0.2) is 0 Å². The van der Waals surface area contributed by atoms with Gasteiger partial charge < -0.3 is 26.0 Å². The number of hydrogen-bond donors (Lipinski definition) is 4. The second-order valence-electron chi connectivity index (χ2n) is 11.8. The molecule has 2 aliphatic rings. The summed E-state index contributed by atoms with van der Waals surface area (Å²) < 4.78 is 49.8. The molecule has 1 heterocycles. The van der Waals surface area contributed by atoms with Gasteiger partial charge in [-0.2, -0.15) is 12.7 Å². The smallest absolute Gasteiger partial charge is 0.308 e. The monoisotopic (exact) mass is 680 g/mol. The highest BCUT2D eigenvalue weighted by Gasteiger charge is 2.34. The molecular formula is C34H41FN6O6S. The molecule has 0 unspecified atom stereocenters. The molecule has 1 aliphatic heterocycles. The van der Waals surface area contributed by atoms with Crippen molar-refractivity contribution in [3.05, 3.63) is 95.3 Å². The molecule has 4 N–H and O–H groups in total. The van der Waals surface area contributed by atoms with Gasteiger partial charge in [0.05, 0.1) is 30.6 Å². The maximum Gasteiger partial charge on any atom is 0.308 e. The number of morpholine rings is 1. The Bertz CT molecular complexity index is 1680. The predicted molar refractivity (Wildman–Crippen MR) is 179 cm³/mol. The third-order valence-electron chi connectivity index (χ3n) is 8.08. The molecule has 5 rings (SSSR count). The van der Waals surface area contributed by atoms with Crippen LogP contribution in [0.4, 0.5) is 15.8 Å². The van der Waals surface area contributed by atoms with Gasteiger partial charge in [0.1, 0.15) is 5.82 Å². The number of nitrogens with zero attached hydrogens (tertiary/aromatic N) is 2. The summed E-state index contributed by atoms with van der Waals surface area (Å²) in [6.07, 6.45) is 2.26. The van der Waals surface area contributed by atoms with Crippen molar-refractivity contribution in [2.45, 2.75) is 32.4 Å². The quantitative estimate of drug-likeness (QED) is 0.181. The number of ether oxygens (including phenoxy) is 1. The van der Waals surface area contributed by atoms with E-state index in [1.54, 1.807) is 6.92 Å². The minimum absolute atomic E-state index is 0.0182. The Morgan fingerprint density at radius 1 is 0.875 bits per heavy atom. The summed E-state index contributed by atoms with van der Waals surface area (Å²) >= 11 is 0. The molecule has 0 radical (unpaired) electrons. The van der Waals surface area contributed by atoms with Gasteiger partial charge in [0, 0.05) is 50.4 Å². The highest BCUT2D eigenvalue weighted by Crippen LogP contribution is 2.33. The van der Waals surface area contributed by atoms with Gasteiger partial charge >= 0.3 is 10.2 Å². The largest absolute Gasteiger partial charge is 0.379 e. The van der Waals surface area contributed by atoms with E-state index in [1.807, 2.05) is 30.3 Å². The fraction of sp³-hybridized carbons (Fsp3) is 0.382. The first-order valence-electron chi connectivity index (χ1n) is 16.0. The lowest BCUT2D eigenvalue weighted by Crippen LogP contribution is -2.47. The normalized spacial score (nSPS) is 15.7. The van der Waals surface area contributed by atoms with Gasteiger partial charge in [0.25, 0.3) is 11.8 Å². The molecule has 1 aliphatic carbocycles. The Morgan fingerprint density at radius 2 is 1.52 bits per heavy atom. The van der Waals surface area contributed by atoms with Crippen LogP contribution in [0.15, 0.2) is 72.8 Å². The van der Waals surface area contributed by atoms with Crippen molar-refractivity contribution < 1.29 is 31.9 Å². The Hall–Kier alpha value is -4.37. The van der Waals surface area contributed by atoms with Crippen molar-refractivity contribution >= 4 is 39.3 Å². The van der Waals surface area contributed by atoms with Crippen molar-refractivity contribution in [2.75, 3.05) is 50.2 Å². The number of benzene rings is 3. The topological polar surface area (TPSA) is 149 Å². The van der Waals surface area contributed by atoms with Crippen LogP contribution in [0.5, 0.6) is 0 Å². The fourth-order valence-corrected chi connectivity index (χ4v) is 6.74. The number of carbonyl (C=O) groups excluding carboxylic acids is 3. The average Bonchev–Trinajstić information content (AvgIpc) is 3.94. The van der Waals surface area contributed by atoms with E-state index in [0.717, 1.165) is 34.8 Å². The van der Waals surface area contributed by atoms with Gasteiger partial charge in [-0.1, -0.05) is 30.3 Å². The second-order valence-corrected chi connectivity index (χ2v) is 13.6. The molecule has 48 heavy (non-hydrogen) atoms. The van der Waals surface area contributed by atoms with Crippen molar-refractivity contribution in [3.8, 4) is 0 Å². The van der Waals surface area contributed by atoms with Gasteiger partial charge in [-0.3, -0.25) is 14.4 Å². The van der Waals surface area contributed by atoms with E-state index in [4.69, 9.17) is 4.74 Å². The molecule has 14 heteroatoms. The van der Waals surface area contributed by atoms with Crippen LogP contribution in [-0.2, 0) is 26.3 Å². The summed E-state index contributed by atoms with van der Waals surface area (Å²) in [4.78, 5) is 39.3. The van der Waals surface area contributed by atoms with Crippen LogP contribution in [0.2, 0.25) is 0 Å². The summed E-state index contributed by atoms with van der Waals surface area (Å²) in [5, 5.41) is 11.6. The minimum Gasteiger partial charge on any atom is -0.379 e. The lowest BCUT2D eigenvalue weighted by molar-refractivity contribution is -0.122. The first-order chi connectivity index (χ1) is 23.1. The highest BCUT2D eigenvalue weighted by atomic mass is 32.2. The first kappa shape index (κ1) is 35.0. The maximum absolute atomic E-state index is 14.1. The zero-order valence-electron chi connectivity index (χ0n) is 26.8. The third kappa shape index (κ3) is 9.37. The Kier molecular flexibility index (Phi) is 11.8. The summed E-state index contributed by atoms with van der Waals surface area (Å²) in [5.41, 5.74) is 1.08. The Labute approximate surface area is 280 Å². The van der Waals surface area contributed by atoms with Crippen molar-refractivity contribution in [3.63, 3.8) is 0 Å². The molecule has 12 nitrogen and oxygen atoms in total. The number of carbonyl (C=O) groups is 3. The molecule has 256 valence electrons. The Balaban J connectivity index is 1.40. The zero-order chi connectivity index (χ0) is 34.1. The van der Waals surface area contributed by atoms with Crippen molar-refractivity contribution in [1.29, 1.82) is 0 Å². The first-order valence-corrected chi connectivity index (χ1v) is 17.4. The van der Waals surface area contributed by atoms with Gasteiger partial charge in [-0.05, 0) is 73.7 Å². The molecule has 3 aromatic carbocycles. The van der Waals surface area contributed by atoms with E-state index in [9.17, 15) is 27.2 Å². The van der Waals surface area contributed by atoms with E-state index in [-0.39, 0.29) is 67.8 Å². The maximum atomic E-state index is 14.1. The highest BCUT2D eigenvalue weighted by molar-refractivity contribution is 7.90. The number of hydrogen-bond acceptors (Lipinski definition) is 7. The molecular weight excluding hydrogens is 639 g/mol. The van der Waals surface area contributed by atoms with E-state index in [1.165, 1.54) is 34.6 Å². The molecule has 1 atom stereocenters. The van der Waals surface area contributed by atoms with Gasteiger partial charge in [-0.25, -0.2) is 8.70 Å². The summed E-state index contributed by atoms with van der Waals surface area (Å²) in [6, 6.07) is 17.9. The van der Waals surface area contributed by atoms with E-state index in [2.05, 4.69) is 21.3 Å². The molecule has 0 bridgehead atoms. The van der Waals surface area contributed by atoms with Crippen LogP contribution in [0, 0.1) is 11.7 Å². The Morgan fingerprint density at radius 3 is 2.17 bits per heavy atom. The SMILES string of the molecule is C[C@H](NCCNC(=O)c1cc(C(=O)NCc2ccccc2)cc(N(c2ccc(F)cc2)S(=O)(=O)N2CCOCC2)c1)C(=O)NCC1CC1. The average molecular weight is 681 g/mol. The molecule has 1 saturated carbocycles. The summed E-state index contributed by atoms with van der Waals surface area (Å²) in [7, 11) is -4.28. The standard InChI is InChI=1S/C34H41FN6O6S/c1-24(32(42)38-23-26-7-8-26)36-13-14-37-33(43)27-19-28(34(44)39-22-25-5-3-2-4-6-25)21-31(20-27)41(30-11-9-29(35)10-12-30)48(45,46)40-15-17-47-18-16-40/h2-6,9-12,19-21,24,26,36H,7-8,13-18,22-23H2,1H3,(H,37,43)(H,38,42)(H,39,44)/t24-/m0/s1. The molecule has 0 aromatic heterocycles. The minimum atomic E-state index is -4.28. The van der Waals surface area contributed by atoms with Crippen LogP contribution in [0.25, 0.3) is 0 Å². The van der Waals surface area contributed by atoms with E-state index in [0.29, 0.717) is 19.0 Å². The zero-order valence-corrected chi connectivity index (χ0v) is 27.6. The van der Waals surface area contributed by atoms with Crippen LogP contribution >= 0.6 is 0 Å².